The fraction of sp³-hybridized carbons (Fsp3) is 0.429. The lowest BCUT2D eigenvalue weighted by molar-refractivity contribution is -0.121. The number of hydrogen-bond acceptors (Lipinski definition) is 5. The Labute approximate surface area is 124 Å². The van der Waals surface area contributed by atoms with Gasteiger partial charge in [0.15, 0.2) is 0 Å². The normalized spacial score (nSPS) is 9.90. The molecule has 7 nitrogen and oxygen atoms in total. The van der Waals surface area contributed by atoms with Gasteiger partial charge in [0.25, 0.3) is 5.91 Å². The Morgan fingerprint density at radius 1 is 1.29 bits per heavy atom. The molecule has 1 aromatic carbocycles. The summed E-state index contributed by atoms with van der Waals surface area (Å²) < 4.78 is 10.2. The minimum atomic E-state index is -0.379. The summed E-state index contributed by atoms with van der Waals surface area (Å²) >= 11 is 0. The molecule has 0 aliphatic carbocycles. The van der Waals surface area contributed by atoms with Gasteiger partial charge in [0.1, 0.15) is 11.5 Å². The van der Waals surface area contributed by atoms with Gasteiger partial charge < -0.3 is 25.4 Å². The van der Waals surface area contributed by atoms with Gasteiger partial charge in [-0.05, 0) is 13.0 Å². The van der Waals surface area contributed by atoms with Gasteiger partial charge in [0, 0.05) is 19.7 Å². The lowest BCUT2D eigenvalue weighted by Gasteiger charge is -2.19. The fourth-order valence-corrected chi connectivity index (χ4v) is 1.81. The summed E-state index contributed by atoms with van der Waals surface area (Å²) in [6, 6.07) is 3.12. The van der Waals surface area contributed by atoms with Crippen LogP contribution in [-0.4, -0.2) is 51.1 Å². The van der Waals surface area contributed by atoms with Crippen LogP contribution in [0.3, 0.4) is 0 Å². The molecule has 0 aliphatic rings. The van der Waals surface area contributed by atoms with E-state index < -0.39 is 0 Å². The molecule has 3 N–H and O–H groups in total. The third kappa shape index (κ3) is 4.01. The number of amides is 2. The molecular weight excluding hydrogens is 274 g/mol. The van der Waals surface area contributed by atoms with Crippen molar-refractivity contribution in [3.05, 3.63) is 17.7 Å². The first-order chi connectivity index (χ1) is 9.94. The third-order valence-corrected chi connectivity index (χ3v) is 2.90. The van der Waals surface area contributed by atoms with Crippen LogP contribution >= 0.6 is 0 Å². The molecule has 0 saturated carbocycles. The van der Waals surface area contributed by atoms with Crippen LogP contribution in [0.25, 0.3) is 0 Å². The first-order valence-electron chi connectivity index (χ1n) is 6.48. The number of benzene rings is 1. The van der Waals surface area contributed by atoms with Crippen molar-refractivity contribution in [2.45, 2.75) is 6.92 Å². The summed E-state index contributed by atoms with van der Waals surface area (Å²) in [5.41, 5.74) is 6.37. The molecule has 1 rings (SSSR count). The fourth-order valence-electron chi connectivity index (χ4n) is 1.81. The van der Waals surface area contributed by atoms with E-state index >= 15 is 0 Å². The van der Waals surface area contributed by atoms with Crippen LogP contribution in [0.2, 0.25) is 0 Å². The SMILES string of the molecule is CCNC(=O)CN(C)C(=O)c1cc(OC)cc(OC)c1N. The lowest BCUT2D eigenvalue weighted by Crippen LogP contribution is -2.38. The molecule has 2 amide bonds. The molecule has 0 radical (unpaired) electrons. The highest BCUT2D eigenvalue weighted by Gasteiger charge is 2.20. The van der Waals surface area contributed by atoms with Crippen molar-refractivity contribution in [2.24, 2.45) is 0 Å². The Bertz CT molecular complexity index is 531. The first kappa shape index (κ1) is 16.6. The van der Waals surface area contributed by atoms with Crippen molar-refractivity contribution in [1.29, 1.82) is 0 Å². The quantitative estimate of drug-likeness (QED) is 0.745. The van der Waals surface area contributed by atoms with Crippen LogP contribution in [0.1, 0.15) is 17.3 Å². The highest BCUT2D eigenvalue weighted by molar-refractivity contribution is 6.02. The lowest BCUT2D eigenvalue weighted by atomic mass is 10.1. The summed E-state index contributed by atoms with van der Waals surface area (Å²) in [5.74, 6) is 0.192. The van der Waals surface area contributed by atoms with Crippen LogP contribution < -0.4 is 20.5 Å². The second-order valence-corrected chi connectivity index (χ2v) is 4.41. The summed E-state index contributed by atoms with van der Waals surface area (Å²) in [5, 5.41) is 2.63. The molecule has 116 valence electrons. The molecular formula is C14H21N3O4. The van der Waals surface area contributed by atoms with E-state index in [1.54, 1.807) is 6.07 Å². The number of anilines is 1. The molecule has 0 heterocycles. The predicted octanol–water partition coefficient (Wildman–Crippen LogP) is 0.494. The van der Waals surface area contributed by atoms with Gasteiger partial charge in [0.05, 0.1) is 32.0 Å². The van der Waals surface area contributed by atoms with E-state index in [0.29, 0.717) is 18.0 Å². The van der Waals surface area contributed by atoms with Crippen molar-refractivity contribution in [2.75, 3.05) is 40.1 Å². The van der Waals surface area contributed by atoms with E-state index in [1.807, 2.05) is 6.92 Å². The standard InChI is InChI=1S/C14H21N3O4/c1-5-16-12(18)8-17(2)14(19)10-6-9(20-3)7-11(21-4)13(10)15/h6-7H,5,8,15H2,1-4H3,(H,16,18). The predicted molar refractivity (Wildman–Crippen MR) is 79.6 cm³/mol. The molecule has 0 aliphatic heterocycles. The second-order valence-electron chi connectivity index (χ2n) is 4.41. The maximum Gasteiger partial charge on any atom is 0.256 e. The third-order valence-electron chi connectivity index (χ3n) is 2.90. The zero-order valence-electron chi connectivity index (χ0n) is 12.7. The van der Waals surface area contributed by atoms with Crippen LogP contribution in [-0.2, 0) is 4.79 Å². The van der Waals surface area contributed by atoms with Crippen molar-refractivity contribution in [3.8, 4) is 11.5 Å². The molecule has 0 atom stereocenters. The Hall–Kier alpha value is -2.44. The van der Waals surface area contributed by atoms with Gasteiger partial charge in [-0.25, -0.2) is 0 Å². The van der Waals surface area contributed by atoms with Gasteiger partial charge in [0.2, 0.25) is 5.91 Å². The molecule has 0 spiro atoms. The Balaban J connectivity index is 3.03. The Morgan fingerprint density at radius 2 is 1.95 bits per heavy atom. The first-order valence-corrected chi connectivity index (χ1v) is 6.48. The van der Waals surface area contributed by atoms with Gasteiger partial charge in [-0.2, -0.15) is 0 Å². The Kier molecular flexibility index (Phi) is 5.83. The maximum absolute atomic E-state index is 12.4. The van der Waals surface area contributed by atoms with E-state index in [9.17, 15) is 9.59 Å². The number of carbonyl (C=O) groups is 2. The molecule has 0 aromatic heterocycles. The molecule has 0 fully saturated rings. The van der Waals surface area contributed by atoms with Crippen LogP contribution in [0.5, 0.6) is 11.5 Å². The monoisotopic (exact) mass is 295 g/mol. The minimum absolute atomic E-state index is 0.0500. The van der Waals surface area contributed by atoms with Gasteiger partial charge in [-0.1, -0.05) is 0 Å². The summed E-state index contributed by atoms with van der Waals surface area (Å²) in [4.78, 5) is 25.2. The van der Waals surface area contributed by atoms with E-state index in [1.165, 1.54) is 32.2 Å². The zero-order valence-corrected chi connectivity index (χ0v) is 12.7. The van der Waals surface area contributed by atoms with Crippen LogP contribution in [0.15, 0.2) is 12.1 Å². The van der Waals surface area contributed by atoms with Gasteiger partial charge in [-0.15, -0.1) is 0 Å². The smallest absolute Gasteiger partial charge is 0.256 e. The number of carbonyl (C=O) groups excluding carboxylic acids is 2. The molecule has 1 aromatic rings. The number of likely N-dealkylation sites (N-methyl/N-ethyl adjacent to an activating group) is 2. The van der Waals surface area contributed by atoms with Gasteiger partial charge in [-0.3, -0.25) is 9.59 Å². The molecule has 0 saturated heterocycles. The summed E-state index contributed by atoms with van der Waals surface area (Å²) in [6.45, 7) is 2.27. The number of rotatable bonds is 6. The largest absolute Gasteiger partial charge is 0.497 e. The number of hydrogen-bond donors (Lipinski definition) is 2. The average molecular weight is 295 g/mol. The number of nitrogens with one attached hydrogen (secondary N) is 1. The van der Waals surface area contributed by atoms with E-state index in [0.717, 1.165) is 0 Å². The highest BCUT2D eigenvalue weighted by atomic mass is 16.5. The highest BCUT2D eigenvalue weighted by Crippen LogP contribution is 2.31. The second kappa shape index (κ2) is 7.37. The summed E-state index contributed by atoms with van der Waals surface area (Å²) in [7, 11) is 4.47. The summed E-state index contributed by atoms with van der Waals surface area (Å²) in [6.07, 6.45) is 0. The van der Waals surface area contributed by atoms with Gasteiger partial charge >= 0.3 is 0 Å². The number of ether oxygens (including phenoxy) is 2. The molecule has 7 heteroatoms. The van der Waals surface area contributed by atoms with Crippen molar-refractivity contribution < 1.29 is 19.1 Å². The van der Waals surface area contributed by atoms with E-state index in [4.69, 9.17) is 15.2 Å². The zero-order chi connectivity index (χ0) is 16.0. The van der Waals surface area contributed by atoms with E-state index in [2.05, 4.69) is 5.32 Å². The minimum Gasteiger partial charge on any atom is -0.497 e. The molecule has 21 heavy (non-hydrogen) atoms. The number of methoxy groups -OCH3 is 2. The van der Waals surface area contributed by atoms with Crippen molar-refractivity contribution in [1.82, 2.24) is 10.2 Å². The Morgan fingerprint density at radius 3 is 2.48 bits per heavy atom. The maximum atomic E-state index is 12.4. The average Bonchev–Trinajstić information content (AvgIpc) is 2.46. The number of nitrogens with zero attached hydrogens (tertiary/aromatic N) is 1. The number of nitrogen functional groups attached to an aromatic ring is 1. The molecule has 0 bridgehead atoms. The van der Waals surface area contributed by atoms with Crippen LogP contribution in [0.4, 0.5) is 5.69 Å². The topological polar surface area (TPSA) is 93.9 Å². The van der Waals surface area contributed by atoms with E-state index in [-0.39, 0.29) is 29.6 Å². The van der Waals surface area contributed by atoms with Crippen molar-refractivity contribution >= 4 is 17.5 Å². The number of nitrogens with two attached hydrogens (primary N) is 1. The van der Waals surface area contributed by atoms with Crippen molar-refractivity contribution in [3.63, 3.8) is 0 Å². The molecule has 0 unspecified atom stereocenters. The van der Waals surface area contributed by atoms with Crippen LogP contribution in [0, 0.1) is 0 Å².